The van der Waals surface area contributed by atoms with Gasteiger partial charge in [-0.05, 0) is 49.8 Å². The summed E-state index contributed by atoms with van der Waals surface area (Å²) in [7, 11) is 0. The lowest BCUT2D eigenvalue weighted by atomic mass is 9.97. The van der Waals surface area contributed by atoms with Crippen molar-refractivity contribution < 1.29 is 4.42 Å². The van der Waals surface area contributed by atoms with Gasteiger partial charge in [-0.25, -0.2) is 4.98 Å². The summed E-state index contributed by atoms with van der Waals surface area (Å²) in [5.41, 5.74) is 3.40. The smallest absolute Gasteiger partial charge is 0.205 e. The lowest BCUT2D eigenvalue weighted by Crippen LogP contribution is -1.99. The topological polar surface area (TPSA) is 56.2 Å². The minimum atomic E-state index is 0.716. The third-order valence-corrected chi connectivity index (χ3v) is 5.51. The third-order valence-electron chi connectivity index (χ3n) is 4.31. The Morgan fingerprint density at radius 1 is 1.23 bits per heavy atom. The molecule has 0 spiro atoms. The summed E-state index contributed by atoms with van der Waals surface area (Å²) in [5.74, 6) is 1.45. The number of fused-ring (bicyclic) bond motifs is 5. The van der Waals surface area contributed by atoms with Gasteiger partial charge < -0.3 is 4.42 Å². The molecule has 0 aliphatic heterocycles. The summed E-state index contributed by atoms with van der Waals surface area (Å²) in [6.45, 7) is 2.00. The second-order valence-corrected chi connectivity index (χ2v) is 6.92. The molecular weight excluding hydrogens is 296 g/mol. The molecule has 0 fully saturated rings. The van der Waals surface area contributed by atoms with E-state index in [9.17, 15) is 0 Å². The molecule has 4 aromatic rings. The molecule has 110 valence electrons. The predicted molar refractivity (Wildman–Crippen MR) is 85.2 cm³/mol. The average molecular weight is 310 g/mol. The molecule has 0 amide bonds. The zero-order valence-electron chi connectivity index (χ0n) is 12.2. The number of nitrogens with zero attached hydrogens (tertiary/aromatic N) is 4. The first-order valence-corrected chi connectivity index (χ1v) is 8.32. The summed E-state index contributed by atoms with van der Waals surface area (Å²) in [6, 6.07) is 1.98. The van der Waals surface area contributed by atoms with Crippen molar-refractivity contribution in [3.8, 4) is 11.6 Å². The monoisotopic (exact) mass is 310 g/mol. The van der Waals surface area contributed by atoms with Crippen molar-refractivity contribution in [1.29, 1.82) is 0 Å². The van der Waals surface area contributed by atoms with Crippen molar-refractivity contribution >= 4 is 27.2 Å². The first-order valence-electron chi connectivity index (χ1n) is 7.51. The molecule has 22 heavy (non-hydrogen) atoms. The maximum Gasteiger partial charge on any atom is 0.205 e. The van der Waals surface area contributed by atoms with Crippen LogP contribution in [0.3, 0.4) is 0 Å². The Morgan fingerprint density at radius 3 is 3.00 bits per heavy atom. The fraction of sp³-hybridized carbons (Fsp3) is 0.312. The Morgan fingerprint density at radius 2 is 2.14 bits per heavy atom. The number of aromatic nitrogens is 4. The van der Waals surface area contributed by atoms with Gasteiger partial charge in [-0.15, -0.1) is 21.5 Å². The zero-order chi connectivity index (χ0) is 14.7. The second kappa shape index (κ2) is 4.39. The predicted octanol–water partition coefficient (Wildman–Crippen LogP) is 3.79. The number of hydrogen-bond donors (Lipinski definition) is 0. The van der Waals surface area contributed by atoms with Crippen LogP contribution in [0.2, 0.25) is 0 Å². The first-order chi connectivity index (χ1) is 10.8. The van der Waals surface area contributed by atoms with Crippen LogP contribution in [0, 0.1) is 6.92 Å². The number of furan rings is 1. The highest BCUT2D eigenvalue weighted by molar-refractivity contribution is 7.19. The van der Waals surface area contributed by atoms with Crippen molar-refractivity contribution in [2.75, 3.05) is 0 Å². The normalized spacial score (nSPS) is 14.8. The maximum absolute atomic E-state index is 5.57. The summed E-state index contributed by atoms with van der Waals surface area (Å²) >= 11 is 1.81. The molecule has 0 N–H and O–H groups in total. The van der Waals surface area contributed by atoms with E-state index >= 15 is 0 Å². The Balaban J connectivity index is 1.83. The lowest BCUT2D eigenvalue weighted by Gasteiger charge is -2.10. The van der Waals surface area contributed by atoms with Gasteiger partial charge in [-0.2, -0.15) is 0 Å². The fourth-order valence-electron chi connectivity index (χ4n) is 3.27. The van der Waals surface area contributed by atoms with Crippen molar-refractivity contribution in [2.24, 2.45) is 0 Å². The third kappa shape index (κ3) is 1.61. The fourth-order valence-corrected chi connectivity index (χ4v) is 4.49. The van der Waals surface area contributed by atoms with Crippen LogP contribution in [0.4, 0.5) is 0 Å². The lowest BCUT2D eigenvalue weighted by molar-refractivity contribution is 0.574. The van der Waals surface area contributed by atoms with Gasteiger partial charge in [0.2, 0.25) is 5.82 Å². The van der Waals surface area contributed by atoms with Crippen LogP contribution in [-0.4, -0.2) is 19.6 Å². The molecule has 0 bridgehead atoms. The van der Waals surface area contributed by atoms with Crippen LogP contribution in [0.1, 0.15) is 28.8 Å². The molecule has 0 unspecified atom stereocenters. The van der Waals surface area contributed by atoms with Crippen molar-refractivity contribution in [2.45, 2.75) is 32.6 Å². The van der Waals surface area contributed by atoms with E-state index in [2.05, 4.69) is 15.2 Å². The summed E-state index contributed by atoms with van der Waals surface area (Å²) in [5, 5.41) is 9.96. The van der Waals surface area contributed by atoms with E-state index in [4.69, 9.17) is 4.42 Å². The molecule has 5 rings (SSSR count). The average Bonchev–Trinajstić information content (AvgIpc) is 3.21. The van der Waals surface area contributed by atoms with Crippen molar-refractivity contribution in [1.82, 2.24) is 19.6 Å². The highest BCUT2D eigenvalue weighted by atomic mass is 32.1. The van der Waals surface area contributed by atoms with E-state index in [1.807, 2.05) is 35.1 Å². The van der Waals surface area contributed by atoms with Crippen LogP contribution in [0.25, 0.3) is 27.4 Å². The molecule has 1 aliphatic carbocycles. The summed E-state index contributed by atoms with van der Waals surface area (Å²) < 4.78 is 7.52. The SMILES string of the molecule is Cc1coc(-c2nnc3c4c5c(sc4ncn23)CCCC5)c1. The summed E-state index contributed by atoms with van der Waals surface area (Å²) in [4.78, 5) is 7.19. The Bertz CT molecular complexity index is 1010. The Hall–Kier alpha value is -2.21. The van der Waals surface area contributed by atoms with E-state index in [0.717, 1.165) is 28.2 Å². The first kappa shape index (κ1) is 12.3. The van der Waals surface area contributed by atoms with Gasteiger partial charge in [0.05, 0.1) is 11.6 Å². The molecule has 4 heterocycles. The van der Waals surface area contributed by atoms with E-state index in [1.165, 1.54) is 35.1 Å². The van der Waals surface area contributed by atoms with Gasteiger partial charge in [0.15, 0.2) is 11.4 Å². The quantitative estimate of drug-likeness (QED) is 0.537. The molecule has 1 aliphatic rings. The largest absolute Gasteiger partial charge is 0.461 e. The van der Waals surface area contributed by atoms with Crippen LogP contribution >= 0.6 is 11.3 Å². The molecule has 0 atom stereocenters. The second-order valence-electron chi connectivity index (χ2n) is 5.84. The number of aryl methyl sites for hydroxylation is 3. The van der Waals surface area contributed by atoms with Crippen LogP contribution in [-0.2, 0) is 12.8 Å². The molecule has 0 saturated heterocycles. The Labute approximate surface area is 130 Å². The maximum atomic E-state index is 5.57. The molecule has 0 saturated carbocycles. The Kier molecular flexibility index (Phi) is 2.47. The minimum absolute atomic E-state index is 0.716. The standard InChI is InChI=1S/C16H14N4OS/c1-9-6-11(21-7-9)14-18-19-15-13-10-4-2-3-5-12(10)22-16(13)17-8-20(14)15/h6-8H,2-5H2,1H3. The molecule has 6 heteroatoms. The highest BCUT2D eigenvalue weighted by Gasteiger charge is 2.21. The van der Waals surface area contributed by atoms with E-state index < -0.39 is 0 Å². The van der Waals surface area contributed by atoms with Crippen LogP contribution in [0.15, 0.2) is 23.1 Å². The highest BCUT2D eigenvalue weighted by Crippen LogP contribution is 2.37. The van der Waals surface area contributed by atoms with Crippen LogP contribution < -0.4 is 0 Å². The van der Waals surface area contributed by atoms with Gasteiger partial charge in [0, 0.05) is 4.88 Å². The molecular formula is C16H14N4OS. The molecule has 0 radical (unpaired) electrons. The van der Waals surface area contributed by atoms with Crippen LogP contribution in [0.5, 0.6) is 0 Å². The van der Waals surface area contributed by atoms with E-state index in [-0.39, 0.29) is 0 Å². The van der Waals surface area contributed by atoms with E-state index in [0.29, 0.717) is 5.82 Å². The van der Waals surface area contributed by atoms with Gasteiger partial charge in [-0.3, -0.25) is 4.40 Å². The molecule has 4 aromatic heterocycles. The number of hydrogen-bond acceptors (Lipinski definition) is 5. The van der Waals surface area contributed by atoms with Crippen molar-refractivity contribution in [3.63, 3.8) is 0 Å². The zero-order valence-corrected chi connectivity index (χ0v) is 13.0. The molecule has 0 aromatic carbocycles. The van der Waals surface area contributed by atoms with E-state index in [1.54, 1.807) is 6.26 Å². The van der Waals surface area contributed by atoms with Gasteiger partial charge >= 0.3 is 0 Å². The number of rotatable bonds is 1. The van der Waals surface area contributed by atoms with Gasteiger partial charge in [-0.1, -0.05) is 0 Å². The molecule has 5 nitrogen and oxygen atoms in total. The van der Waals surface area contributed by atoms with Gasteiger partial charge in [0.25, 0.3) is 0 Å². The van der Waals surface area contributed by atoms with Crippen molar-refractivity contribution in [3.05, 3.63) is 34.7 Å². The number of thiophene rings is 1. The summed E-state index contributed by atoms with van der Waals surface area (Å²) in [6.07, 6.45) is 8.36. The van der Waals surface area contributed by atoms with Gasteiger partial charge in [0.1, 0.15) is 11.2 Å². The minimum Gasteiger partial charge on any atom is -0.461 e.